The van der Waals surface area contributed by atoms with Gasteiger partial charge in [-0.05, 0) is 30.5 Å². The molecule has 7 heteroatoms. The highest BCUT2D eigenvalue weighted by Gasteiger charge is 2.40. The van der Waals surface area contributed by atoms with Gasteiger partial charge in [0.1, 0.15) is 0 Å². The van der Waals surface area contributed by atoms with Crippen molar-refractivity contribution in [3.8, 4) is 0 Å². The zero-order chi connectivity index (χ0) is 15.6. The fourth-order valence-corrected chi connectivity index (χ4v) is 3.97. The fraction of sp³-hybridized carbons (Fsp3) is 0.667. The molecule has 0 amide bonds. The molecule has 2 aliphatic rings. The van der Waals surface area contributed by atoms with Gasteiger partial charge in [0.25, 0.3) is 0 Å². The Morgan fingerprint density at radius 1 is 1.50 bits per heavy atom. The standard InChI is InChI=1S/C15H23N3O3S/c1-22(19,20)17-8-15-14-4-6-18(10-13(14)11-21-15)9-12-3-2-5-16-7-12/h2-3,5,7,13-15,17H,4,6,8-11H2,1H3/t13-,14-,15+/m1/s1. The molecule has 22 heavy (non-hydrogen) atoms. The molecule has 2 aliphatic heterocycles. The number of hydrogen-bond acceptors (Lipinski definition) is 5. The number of nitrogens with zero attached hydrogens (tertiary/aromatic N) is 2. The van der Waals surface area contributed by atoms with Crippen LogP contribution in [0.2, 0.25) is 0 Å². The number of nitrogens with one attached hydrogen (secondary N) is 1. The third-order valence-electron chi connectivity index (χ3n) is 4.55. The second-order valence-electron chi connectivity index (χ2n) is 6.30. The number of aromatic nitrogens is 1. The zero-order valence-corrected chi connectivity index (χ0v) is 13.6. The molecular formula is C15H23N3O3S. The second-order valence-corrected chi connectivity index (χ2v) is 8.13. The van der Waals surface area contributed by atoms with Crippen LogP contribution in [0.25, 0.3) is 0 Å². The number of fused-ring (bicyclic) bond motifs is 1. The van der Waals surface area contributed by atoms with Crippen LogP contribution in [0.15, 0.2) is 24.5 Å². The van der Waals surface area contributed by atoms with Gasteiger partial charge in [0.05, 0.1) is 19.0 Å². The second kappa shape index (κ2) is 6.62. The smallest absolute Gasteiger partial charge is 0.208 e. The summed E-state index contributed by atoms with van der Waals surface area (Å²) >= 11 is 0. The first-order chi connectivity index (χ1) is 10.5. The van der Waals surface area contributed by atoms with E-state index in [0.29, 0.717) is 18.4 Å². The molecular weight excluding hydrogens is 302 g/mol. The topological polar surface area (TPSA) is 71.5 Å². The van der Waals surface area contributed by atoms with E-state index in [2.05, 4.69) is 20.7 Å². The van der Waals surface area contributed by atoms with Gasteiger partial charge in [-0.1, -0.05) is 6.07 Å². The lowest BCUT2D eigenvalue weighted by molar-refractivity contribution is 0.0885. The van der Waals surface area contributed by atoms with E-state index in [1.165, 1.54) is 11.8 Å². The molecule has 2 fully saturated rings. The minimum Gasteiger partial charge on any atom is -0.376 e. The summed E-state index contributed by atoms with van der Waals surface area (Å²) in [6.45, 7) is 4.07. The molecule has 0 spiro atoms. The monoisotopic (exact) mass is 325 g/mol. The predicted octanol–water partition coefficient (Wildman–Crippen LogP) is 0.468. The average Bonchev–Trinajstić information content (AvgIpc) is 2.88. The van der Waals surface area contributed by atoms with Crippen LogP contribution in [-0.4, -0.2) is 56.9 Å². The molecule has 0 bridgehead atoms. The van der Waals surface area contributed by atoms with Crippen molar-refractivity contribution in [2.75, 3.05) is 32.5 Å². The highest BCUT2D eigenvalue weighted by molar-refractivity contribution is 7.88. The third-order valence-corrected chi connectivity index (χ3v) is 5.25. The average molecular weight is 325 g/mol. The largest absolute Gasteiger partial charge is 0.376 e. The molecule has 0 unspecified atom stereocenters. The first-order valence-electron chi connectivity index (χ1n) is 7.69. The molecule has 0 aliphatic carbocycles. The van der Waals surface area contributed by atoms with Crippen molar-refractivity contribution >= 4 is 10.0 Å². The molecule has 2 saturated heterocycles. The van der Waals surface area contributed by atoms with Crippen molar-refractivity contribution in [3.63, 3.8) is 0 Å². The van der Waals surface area contributed by atoms with Crippen LogP contribution < -0.4 is 4.72 Å². The molecule has 6 nitrogen and oxygen atoms in total. The summed E-state index contributed by atoms with van der Waals surface area (Å²) < 4.78 is 30.8. The third kappa shape index (κ3) is 4.04. The Hall–Kier alpha value is -1.02. The quantitative estimate of drug-likeness (QED) is 0.852. The van der Waals surface area contributed by atoms with Crippen molar-refractivity contribution in [1.82, 2.24) is 14.6 Å². The summed E-state index contributed by atoms with van der Waals surface area (Å²) in [4.78, 5) is 6.60. The zero-order valence-electron chi connectivity index (χ0n) is 12.8. The summed E-state index contributed by atoms with van der Waals surface area (Å²) in [7, 11) is -3.15. The van der Waals surface area contributed by atoms with Crippen molar-refractivity contribution < 1.29 is 13.2 Å². The molecule has 1 aromatic heterocycles. The molecule has 0 radical (unpaired) electrons. The SMILES string of the molecule is CS(=O)(=O)NC[C@@H]1OC[C@H]2CN(Cc3cccnc3)CC[C@H]21. The molecule has 3 rings (SSSR count). The van der Waals surface area contributed by atoms with Gasteiger partial charge in [-0.15, -0.1) is 0 Å². The normalized spacial score (nSPS) is 29.4. The van der Waals surface area contributed by atoms with Crippen molar-refractivity contribution in [2.24, 2.45) is 11.8 Å². The minimum atomic E-state index is -3.15. The van der Waals surface area contributed by atoms with E-state index in [4.69, 9.17) is 4.74 Å². The maximum absolute atomic E-state index is 11.2. The summed E-state index contributed by atoms with van der Waals surface area (Å²) in [5.41, 5.74) is 1.23. The maximum atomic E-state index is 11.2. The summed E-state index contributed by atoms with van der Waals surface area (Å²) in [6, 6.07) is 4.07. The van der Waals surface area contributed by atoms with Crippen LogP contribution in [0.1, 0.15) is 12.0 Å². The number of hydrogen-bond donors (Lipinski definition) is 1. The van der Waals surface area contributed by atoms with Crippen molar-refractivity contribution in [2.45, 2.75) is 19.1 Å². The molecule has 3 heterocycles. The van der Waals surface area contributed by atoms with Gasteiger partial charge in [-0.3, -0.25) is 9.88 Å². The van der Waals surface area contributed by atoms with Crippen LogP contribution in [0.3, 0.4) is 0 Å². The molecule has 0 saturated carbocycles. The number of ether oxygens (including phenoxy) is 1. The predicted molar refractivity (Wildman–Crippen MR) is 83.7 cm³/mol. The maximum Gasteiger partial charge on any atom is 0.208 e. The van der Waals surface area contributed by atoms with Gasteiger partial charge in [0.15, 0.2) is 0 Å². The van der Waals surface area contributed by atoms with Crippen LogP contribution >= 0.6 is 0 Å². The van der Waals surface area contributed by atoms with Crippen LogP contribution in [-0.2, 0) is 21.3 Å². The lowest BCUT2D eigenvalue weighted by atomic mass is 9.84. The Morgan fingerprint density at radius 3 is 3.09 bits per heavy atom. The highest BCUT2D eigenvalue weighted by Crippen LogP contribution is 2.34. The van der Waals surface area contributed by atoms with Gasteiger partial charge >= 0.3 is 0 Å². The van der Waals surface area contributed by atoms with Crippen LogP contribution in [0, 0.1) is 11.8 Å². The van der Waals surface area contributed by atoms with E-state index in [1.54, 1.807) is 6.20 Å². The lowest BCUT2D eigenvalue weighted by Crippen LogP contribution is -2.43. The summed E-state index contributed by atoms with van der Waals surface area (Å²) in [5.74, 6) is 0.955. The summed E-state index contributed by atoms with van der Waals surface area (Å²) in [5, 5.41) is 0. The number of sulfonamides is 1. The van der Waals surface area contributed by atoms with Gasteiger partial charge in [0, 0.05) is 37.9 Å². The highest BCUT2D eigenvalue weighted by atomic mass is 32.2. The van der Waals surface area contributed by atoms with E-state index < -0.39 is 10.0 Å². The number of pyridine rings is 1. The van der Waals surface area contributed by atoms with E-state index in [1.807, 2.05) is 12.3 Å². The number of likely N-dealkylation sites (tertiary alicyclic amines) is 1. The number of rotatable bonds is 5. The van der Waals surface area contributed by atoms with Gasteiger partial charge in [-0.25, -0.2) is 13.1 Å². The number of piperidine rings is 1. The van der Waals surface area contributed by atoms with Gasteiger partial charge < -0.3 is 4.74 Å². The minimum absolute atomic E-state index is 0.0141. The van der Waals surface area contributed by atoms with Gasteiger partial charge in [0.2, 0.25) is 10.0 Å². The Labute approximate surface area is 131 Å². The lowest BCUT2D eigenvalue weighted by Gasteiger charge is -2.35. The molecule has 1 aromatic rings. The Balaban J connectivity index is 1.53. The summed E-state index contributed by atoms with van der Waals surface area (Å²) in [6.07, 6.45) is 5.97. The van der Waals surface area contributed by atoms with E-state index in [-0.39, 0.29) is 6.10 Å². The Bertz CT molecular complexity index is 593. The Kier molecular flexibility index (Phi) is 4.77. The van der Waals surface area contributed by atoms with E-state index >= 15 is 0 Å². The van der Waals surface area contributed by atoms with Crippen molar-refractivity contribution in [1.29, 1.82) is 0 Å². The molecule has 122 valence electrons. The van der Waals surface area contributed by atoms with Gasteiger partial charge in [-0.2, -0.15) is 0 Å². The first kappa shape index (κ1) is 15.9. The fourth-order valence-electron chi connectivity index (χ4n) is 3.50. The first-order valence-corrected chi connectivity index (χ1v) is 9.58. The molecule has 1 N–H and O–H groups in total. The van der Waals surface area contributed by atoms with Crippen molar-refractivity contribution in [3.05, 3.63) is 30.1 Å². The Morgan fingerprint density at radius 2 is 2.36 bits per heavy atom. The molecule has 3 atom stereocenters. The van der Waals surface area contributed by atoms with E-state index in [9.17, 15) is 8.42 Å². The van der Waals surface area contributed by atoms with Crippen LogP contribution in [0.4, 0.5) is 0 Å². The van der Waals surface area contributed by atoms with E-state index in [0.717, 1.165) is 32.7 Å². The van der Waals surface area contributed by atoms with Crippen LogP contribution in [0.5, 0.6) is 0 Å². The molecule has 0 aromatic carbocycles.